The summed E-state index contributed by atoms with van der Waals surface area (Å²) in [5.41, 5.74) is 9.22. The van der Waals surface area contributed by atoms with E-state index in [2.05, 4.69) is 94.1 Å². The number of aryl methyl sites for hydroxylation is 1. The number of para-hydroxylation sites is 2. The third kappa shape index (κ3) is 3.71. The normalized spacial score (nSPS) is 16.3. The van der Waals surface area contributed by atoms with E-state index >= 15 is 0 Å². The van der Waals surface area contributed by atoms with Gasteiger partial charge in [0.2, 0.25) is 0 Å². The smallest absolute Gasteiger partial charge is 0.159 e. The zero-order chi connectivity index (χ0) is 25.2. The molecule has 1 aromatic heterocycles. The molecule has 1 aliphatic rings. The van der Waals surface area contributed by atoms with Gasteiger partial charge in [0, 0.05) is 27.2 Å². The minimum Gasteiger partial charge on any atom is -0.454 e. The van der Waals surface area contributed by atoms with Gasteiger partial charge in [-0.3, -0.25) is 0 Å². The molecule has 0 aliphatic heterocycles. The van der Waals surface area contributed by atoms with Gasteiger partial charge in [-0.1, -0.05) is 75.7 Å². The van der Waals surface area contributed by atoms with E-state index in [9.17, 15) is 0 Å². The van der Waals surface area contributed by atoms with Crippen LogP contribution >= 0.6 is 11.6 Å². The first-order valence-electron chi connectivity index (χ1n) is 12.8. The molecule has 6 rings (SSSR count). The maximum Gasteiger partial charge on any atom is 0.159 e. The number of hydrogen-bond acceptors (Lipinski definition) is 2. The molecule has 5 aromatic rings. The van der Waals surface area contributed by atoms with Crippen molar-refractivity contribution in [3.8, 4) is 0 Å². The van der Waals surface area contributed by atoms with Gasteiger partial charge in [-0.05, 0) is 89.8 Å². The van der Waals surface area contributed by atoms with Crippen LogP contribution in [0.15, 0.2) is 83.3 Å². The fourth-order valence-electron chi connectivity index (χ4n) is 5.90. The van der Waals surface area contributed by atoms with E-state index in [1.807, 2.05) is 24.3 Å². The number of hydrogen-bond donors (Lipinski definition) is 0. The van der Waals surface area contributed by atoms with Crippen LogP contribution in [0, 0.1) is 6.92 Å². The molecule has 0 atom stereocenters. The standard InChI is InChI=1S/C33H32ClNO/c1-21-17-22(34)19-24(18-21)35(23-13-14-27-28(20-23)33(4,5)16-15-32(27,2)3)29-11-8-10-26-25-9-6-7-12-30(25)36-31(26)29/h6-14,17-20H,15-16H2,1-5H3. The van der Waals surface area contributed by atoms with Crippen LogP contribution in [0.5, 0.6) is 0 Å². The summed E-state index contributed by atoms with van der Waals surface area (Å²) in [6.45, 7) is 11.6. The van der Waals surface area contributed by atoms with Crippen molar-refractivity contribution in [3.05, 3.63) is 101 Å². The molecule has 0 bridgehead atoms. The minimum absolute atomic E-state index is 0.113. The summed E-state index contributed by atoms with van der Waals surface area (Å²) in [5, 5.41) is 2.97. The SMILES string of the molecule is Cc1cc(Cl)cc(N(c2ccc3c(c2)C(C)(C)CCC3(C)C)c2cccc3c2oc2ccccc23)c1. The summed E-state index contributed by atoms with van der Waals surface area (Å²) < 4.78 is 6.48. The lowest BCUT2D eigenvalue weighted by Crippen LogP contribution is -2.34. The third-order valence-corrected chi connectivity index (χ3v) is 8.22. The molecule has 2 nitrogen and oxygen atoms in total. The largest absolute Gasteiger partial charge is 0.454 e. The molecule has 0 radical (unpaired) electrons. The fourth-order valence-corrected chi connectivity index (χ4v) is 6.18. The number of anilines is 3. The van der Waals surface area contributed by atoms with Crippen molar-refractivity contribution in [1.82, 2.24) is 0 Å². The van der Waals surface area contributed by atoms with Crippen LogP contribution in [-0.2, 0) is 10.8 Å². The lowest BCUT2D eigenvalue weighted by Gasteiger charge is -2.42. The van der Waals surface area contributed by atoms with Gasteiger partial charge in [0.15, 0.2) is 5.58 Å². The Morgan fingerprint density at radius 3 is 2.22 bits per heavy atom. The molecule has 4 aromatic carbocycles. The molecule has 0 N–H and O–H groups in total. The van der Waals surface area contributed by atoms with Crippen LogP contribution in [0.2, 0.25) is 5.02 Å². The van der Waals surface area contributed by atoms with Crippen molar-refractivity contribution >= 4 is 50.6 Å². The van der Waals surface area contributed by atoms with E-state index in [0.29, 0.717) is 0 Å². The molecular formula is C33H32ClNO. The Labute approximate surface area is 218 Å². The Morgan fingerprint density at radius 2 is 1.44 bits per heavy atom. The number of benzene rings is 4. The van der Waals surface area contributed by atoms with Gasteiger partial charge >= 0.3 is 0 Å². The Kier molecular flexibility index (Phi) is 5.25. The number of furan rings is 1. The van der Waals surface area contributed by atoms with E-state index < -0.39 is 0 Å². The predicted octanol–water partition coefficient (Wildman–Crippen LogP) is 10.4. The van der Waals surface area contributed by atoms with Gasteiger partial charge in [0.1, 0.15) is 5.58 Å². The van der Waals surface area contributed by atoms with E-state index in [4.69, 9.17) is 16.0 Å². The van der Waals surface area contributed by atoms with Crippen molar-refractivity contribution in [2.75, 3.05) is 4.90 Å². The average molecular weight is 494 g/mol. The van der Waals surface area contributed by atoms with Crippen molar-refractivity contribution in [3.63, 3.8) is 0 Å². The Balaban J connectivity index is 1.65. The highest BCUT2D eigenvalue weighted by Gasteiger charge is 2.37. The van der Waals surface area contributed by atoms with E-state index in [-0.39, 0.29) is 10.8 Å². The summed E-state index contributed by atoms with van der Waals surface area (Å²) in [5.74, 6) is 0. The van der Waals surface area contributed by atoms with E-state index in [1.165, 1.54) is 24.0 Å². The van der Waals surface area contributed by atoms with Gasteiger partial charge in [-0.15, -0.1) is 0 Å². The molecule has 182 valence electrons. The highest BCUT2D eigenvalue weighted by atomic mass is 35.5. The lowest BCUT2D eigenvalue weighted by molar-refractivity contribution is 0.332. The second-order valence-electron chi connectivity index (χ2n) is 11.6. The molecular weight excluding hydrogens is 462 g/mol. The number of fused-ring (bicyclic) bond motifs is 4. The molecule has 0 saturated carbocycles. The van der Waals surface area contributed by atoms with Crippen molar-refractivity contribution in [2.45, 2.75) is 58.3 Å². The zero-order valence-electron chi connectivity index (χ0n) is 21.7. The summed E-state index contributed by atoms with van der Waals surface area (Å²) in [6.07, 6.45) is 2.37. The van der Waals surface area contributed by atoms with E-state index in [1.54, 1.807) is 0 Å². The van der Waals surface area contributed by atoms with Gasteiger partial charge in [0.25, 0.3) is 0 Å². The monoisotopic (exact) mass is 493 g/mol. The zero-order valence-corrected chi connectivity index (χ0v) is 22.4. The minimum atomic E-state index is 0.113. The van der Waals surface area contributed by atoms with Gasteiger partial charge in [0.05, 0.1) is 5.69 Å². The highest BCUT2D eigenvalue weighted by molar-refractivity contribution is 6.31. The second-order valence-corrected chi connectivity index (χ2v) is 12.0. The van der Waals surface area contributed by atoms with Crippen molar-refractivity contribution in [2.24, 2.45) is 0 Å². The topological polar surface area (TPSA) is 16.4 Å². The van der Waals surface area contributed by atoms with Crippen LogP contribution in [0.4, 0.5) is 17.1 Å². The Bertz CT molecular complexity index is 1600. The number of nitrogens with zero attached hydrogens (tertiary/aromatic N) is 1. The molecule has 0 unspecified atom stereocenters. The van der Waals surface area contributed by atoms with Crippen LogP contribution in [0.1, 0.15) is 57.2 Å². The van der Waals surface area contributed by atoms with E-state index in [0.717, 1.165) is 49.6 Å². The summed E-state index contributed by atoms with van der Waals surface area (Å²) in [4.78, 5) is 2.31. The fraction of sp³-hybridized carbons (Fsp3) is 0.273. The van der Waals surface area contributed by atoms with Gasteiger partial charge in [-0.2, -0.15) is 0 Å². The van der Waals surface area contributed by atoms with Crippen LogP contribution in [-0.4, -0.2) is 0 Å². The maximum atomic E-state index is 6.60. The van der Waals surface area contributed by atoms with Gasteiger partial charge in [-0.25, -0.2) is 0 Å². The highest BCUT2D eigenvalue weighted by Crippen LogP contribution is 2.49. The van der Waals surface area contributed by atoms with Crippen LogP contribution in [0.3, 0.4) is 0 Å². The second kappa shape index (κ2) is 8.15. The van der Waals surface area contributed by atoms with Crippen LogP contribution < -0.4 is 4.90 Å². The van der Waals surface area contributed by atoms with Crippen LogP contribution in [0.25, 0.3) is 21.9 Å². The molecule has 36 heavy (non-hydrogen) atoms. The summed E-state index contributed by atoms with van der Waals surface area (Å²) in [7, 11) is 0. The predicted molar refractivity (Wildman–Crippen MR) is 153 cm³/mol. The first kappa shape index (κ1) is 23.2. The quantitative estimate of drug-likeness (QED) is 0.248. The first-order valence-corrected chi connectivity index (χ1v) is 13.1. The summed E-state index contributed by atoms with van der Waals surface area (Å²) >= 11 is 6.60. The summed E-state index contributed by atoms with van der Waals surface area (Å²) in [6, 6.07) is 27.9. The first-order chi connectivity index (χ1) is 17.1. The molecule has 1 aliphatic carbocycles. The Hall–Kier alpha value is -3.23. The third-order valence-electron chi connectivity index (χ3n) is 8.00. The molecule has 1 heterocycles. The lowest BCUT2D eigenvalue weighted by atomic mass is 9.63. The van der Waals surface area contributed by atoms with Crippen molar-refractivity contribution in [1.29, 1.82) is 0 Å². The van der Waals surface area contributed by atoms with Gasteiger partial charge < -0.3 is 9.32 Å². The maximum absolute atomic E-state index is 6.60. The molecule has 0 fully saturated rings. The average Bonchev–Trinajstić information content (AvgIpc) is 3.21. The number of halogens is 1. The molecule has 3 heteroatoms. The molecule has 0 amide bonds. The molecule has 0 saturated heterocycles. The number of rotatable bonds is 3. The Morgan fingerprint density at radius 1 is 0.722 bits per heavy atom. The van der Waals surface area contributed by atoms with Crippen molar-refractivity contribution < 1.29 is 4.42 Å². The molecule has 0 spiro atoms.